The van der Waals surface area contributed by atoms with Crippen LogP contribution < -0.4 is 5.32 Å². The number of benzene rings is 1. The van der Waals surface area contributed by atoms with E-state index in [1.165, 1.54) is 10.5 Å². The first kappa shape index (κ1) is 14.0. The number of carbonyl (C=O) groups is 2. The molecule has 0 aliphatic carbocycles. The van der Waals surface area contributed by atoms with Crippen LogP contribution in [0.1, 0.15) is 44.7 Å². The largest absolute Gasteiger partial charge is 0.313 e. The van der Waals surface area contributed by atoms with Crippen LogP contribution in [0.4, 0.5) is 0 Å². The van der Waals surface area contributed by atoms with Crippen molar-refractivity contribution >= 4 is 11.8 Å². The van der Waals surface area contributed by atoms with E-state index in [1.807, 2.05) is 26.0 Å². The number of amides is 2. The number of aryl methyl sites for hydroxylation is 2. The smallest absolute Gasteiger partial charge is 0.261 e. The zero-order chi connectivity index (χ0) is 15.0. The van der Waals surface area contributed by atoms with Crippen molar-refractivity contribution in [3.63, 3.8) is 0 Å². The molecule has 0 saturated heterocycles. The highest BCUT2D eigenvalue weighted by molar-refractivity contribution is 6.22. The topological polar surface area (TPSA) is 49.4 Å². The standard InChI is InChI=1S/C17H20N2O2/c1-11-3-4-12(2)15-14(11)16(20)19(17(15)21)10-7-13-5-8-18-9-6-13/h3-5,18H,6-10H2,1-2H3. The Balaban J connectivity index is 1.81. The van der Waals surface area contributed by atoms with Crippen LogP contribution >= 0.6 is 0 Å². The number of fused-ring (bicyclic) bond motifs is 1. The maximum Gasteiger partial charge on any atom is 0.261 e. The van der Waals surface area contributed by atoms with Crippen LogP contribution in [0.15, 0.2) is 23.8 Å². The highest BCUT2D eigenvalue weighted by Crippen LogP contribution is 2.29. The van der Waals surface area contributed by atoms with Gasteiger partial charge in [0.15, 0.2) is 0 Å². The molecule has 0 fully saturated rings. The molecule has 1 aromatic carbocycles. The van der Waals surface area contributed by atoms with Crippen molar-refractivity contribution in [1.82, 2.24) is 10.2 Å². The van der Waals surface area contributed by atoms with E-state index in [9.17, 15) is 9.59 Å². The van der Waals surface area contributed by atoms with Crippen molar-refractivity contribution in [3.8, 4) is 0 Å². The van der Waals surface area contributed by atoms with Gasteiger partial charge in [-0.15, -0.1) is 0 Å². The minimum absolute atomic E-state index is 0.134. The Morgan fingerprint density at radius 3 is 2.24 bits per heavy atom. The van der Waals surface area contributed by atoms with Crippen LogP contribution in [0, 0.1) is 13.8 Å². The van der Waals surface area contributed by atoms with Gasteiger partial charge in [0.2, 0.25) is 0 Å². The van der Waals surface area contributed by atoms with Crippen LogP contribution in [0.2, 0.25) is 0 Å². The Hall–Kier alpha value is -1.94. The molecular formula is C17H20N2O2. The van der Waals surface area contributed by atoms with E-state index in [0.29, 0.717) is 17.7 Å². The third-order valence-electron chi connectivity index (χ3n) is 4.35. The molecule has 2 amide bonds. The third-order valence-corrected chi connectivity index (χ3v) is 4.35. The molecule has 1 N–H and O–H groups in total. The number of nitrogens with one attached hydrogen (secondary N) is 1. The number of nitrogens with zero attached hydrogens (tertiary/aromatic N) is 1. The molecule has 0 spiro atoms. The average Bonchev–Trinajstić information content (AvgIpc) is 2.75. The number of rotatable bonds is 3. The van der Waals surface area contributed by atoms with Gasteiger partial charge < -0.3 is 5.32 Å². The lowest BCUT2D eigenvalue weighted by atomic mass is 9.99. The normalized spacial score (nSPS) is 18.0. The van der Waals surface area contributed by atoms with E-state index in [2.05, 4.69) is 11.4 Å². The first-order valence-electron chi connectivity index (χ1n) is 7.44. The van der Waals surface area contributed by atoms with Crippen LogP contribution in [-0.4, -0.2) is 36.3 Å². The molecule has 0 unspecified atom stereocenters. The lowest BCUT2D eigenvalue weighted by molar-refractivity contribution is 0.0655. The molecule has 3 rings (SSSR count). The van der Waals surface area contributed by atoms with E-state index < -0.39 is 0 Å². The van der Waals surface area contributed by atoms with E-state index >= 15 is 0 Å². The van der Waals surface area contributed by atoms with Crippen molar-refractivity contribution in [1.29, 1.82) is 0 Å². The van der Waals surface area contributed by atoms with Crippen LogP contribution in [0.5, 0.6) is 0 Å². The molecule has 4 nitrogen and oxygen atoms in total. The van der Waals surface area contributed by atoms with Gasteiger partial charge in [-0.3, -0.25) is 14.5 Å². The Morgan fingerprint density at radius 2 is 1.71 bits per heavy atom. The third kappa shape index (κ3) is 2.40. The van der Waals surface area contributed by atoms with Gasteiger partial charge in [0, 0.05) is 13.1 Å². The predicted octanol–water partition coefficient (Wildman–Crippen LogP) is 2.21. The summed E-state index contributed by atoms with van der Waals surface area (Å²) < 4.78 is 0. The maximum atomic E-state index is 12.5. The van der Waals surface area contributed by atoms with Gasteiger partial charge in [-0.1, -0.05) is 23.8 Å². The summed E-state index contributed by atoms with van der Waals surface area (Å²) in [7, 11) is 0. The molecule has 0 radical (unpaired) electrons. The Morgan fingerprint density at radius 1 is 1.10 bits per heavy atom. The fourth-order valence-corrected chi connectivity index (χ4v) is 3.08. The van der Waals surface area contributed by atoms with Gasteiger partial charge in [-0.05, 0) is 44.4 Å². The first-order valence-corrected chi connectivity index (χ1v) is 7.44. The number of carbonyl (C=O) groups excluding carboxylic acids is 2. The molecule has 2 aliphatic heterocycles. The first-order chi connectivity index (χ1) is 10.1. The van der Waals surface area contributed by atoms with Crippen LogP contribution in [0.3, 0.4) is 0 Å². The molecular weight excluding hydrogens is 264 g/mol. The summed E-state index contributed by atoms with van der Waals surface area (Å²) in [5.41, 5.74) is 4.30. The Labute approximate surface area is 124 Å². The van der Waals surface area contributed by atoms with Gasteiger partial charge in [-0.2, -0.15) is 0 Å². The summed E-state index contributed by atoms with van der Waals surface area (Å²) in [6, 6.07) is 3.83. The van der Waals surface area contributed by atoms with E-state index in [1.54, 1.807) is 0 Å². The lowest BCUT2D eigenvalue weighted by Gasteiger charge is -2.18. The highest BCUT2D eigenvalue weighted by Gasteiger charge is 2.37. The molecule has 2 aliphatic rings. The monoisotopic (exact) mass is 284 g/mol. The average molecular weight is 284 g/mol. The number of hydrogen-bond acceptors (Lipinski definition) is 3. The minimum Gasteiger partial charge on any atom is -0.313 e. The molecule has 21 heavy (non-hydrogen) atoms. The van der Waals surface area contributed by atoms with Crippen LogP contribution in [-0.2, 0) is 0 Å². The summed E-state index contributed by atoms with van der Waals surface area (Å²) in [4.78, 5) is 26.5. The second-order valence-electron chi connectivity index (χ2n) is 5.78. The number of imide groups is 1. The molecule has 0 saturated carbocycles. The summed E-state index contributed by atoms with van der Waals surface area (Å²) in [6.07, 6.45) is 3.95. The van der Waals surface area contributed by atoms with E-state index in [-0.39, 0.29) is 11.8 Å². The van der Waals surface area contributed by atoms with Crippen molar-refractivity contribution in [3.05, 3.63) is 46.0 Å². The quantitative estimate of drug-likeness (QED) is 0.684. The molecule has 1 aromatic rings. The van der Waals surface area contributed by atoms with E-state index in [0.717, 1.165) is 37.1 Å². The second-order valence-corrected chi connectivity index (χ2v) is 5.78. The number of hydrogen-bond donors (Lipinski definition) is 1. The van der Waals surface area contributed by atoms with Crippen molar-refractivity contribution in [2.45, 2.75) is 26.7 Å². The fraction of sp³-hybridized carbons (Fsp3) is 0.412. The van der Waals surface area contributed by atoms with Crippen molar-refractivity contribution in [2.24, 2.45) is 0 Å². The summed E-state index contributed by atoms with van der Waals surface area (Å²) >= 11 is 0. The maximum absolute atomic E-state index is 12.5. The Kier molecular flexibility index (Phi) is 3.64. The molecule has 2 heterocycles. The fourth-order valence-electron chi connectivity index (χ4n) is 3.08. The second kappa shape index (κ2) is 5.45. The summed E-state index contributed by atoms with van der Waals surface area (Å²) in [6.45, 7) is 6.13. The van der Waals surface area contributed by atoms with Gasteiger partial charge in [-0.25, -0.2) is 0 Å². The van der Waals surface area contributed by atoms with Gasteiger partial charge in [0.05, 0.1) is 11.1 Å². The SMILES string of the molecule is Cc1ccc(C)c2c1C(=O)N(CCC1=CCNCC1)C2=O. The highest BCUT2D eigenvalue weighted by atomic mass is 16.2. The van der Waals surface area contributed by atoms with Crippen molar-refractivity contribution < 1.29 is 9.59 Å². The predicted molar refractivity (Wildman–Crippen MR) is 81.5 cm³/mol. The van der Waals surface area contributed by atoms with Gasteiger partial charge in [0.25, 0.3) is 11.8 Å². The molecule has 0 aromatic heterocycles. The zero-order valence-corrected chi connectivity index (χ0v) is 12.5. The zero-order valence-electron chi connectivity index (χ0n) is 12.5. The minimum atomic E-state index is -0.134. The molecule has 0 atom stereocenters. The molecule has 4 heteroatoms. The van der Waals surface area contributed by atoms with E-state index in [4.69, 9.17) is 0 Å². The van der Waals surface area contributed by atoms with Gasteiger partial charge in [0.1, 0.15) is 0 Å². The van der Waals surface area contributed by atoms with Crippen molar-refractivity contribution in [2.75, 3.05) is 19.6 Å². The van der Waals surface area contributed by atoms with Crippen LogP contribution in [0.25, 0.3) is 0 Å². The lowest BCUT2D eigenvalue weighted by Crippen LogP contribution is -2.32. The summed E-state index contributed by atoms with van der Waals surface area (Å²) in [5, 5.41) is 3.27. The molecule has 110 valence electrons. The molecule has 0 bridgehead atoms. The Bertz CT molecular complexity index is 605. The van der Waals surface area contributed by atoms with Gasteiger partial charge >= 0.3 is 0 Å². The summed E-state index contributed by atoms with van der Waals surface area (Å²) in [5.74, 6) is -0.267.